The maximum Gasteiger partial charge on any atom is 0.178 e. The molecule has 0 spiro atoms. The molecule has 0 fully saturated rings. The monoisotopic (exact) mass is 1380 g/mol. The third-order valence-corrected chi connectivity index (χ3v) is 20.7. The number of nitrogens with zero attached hydrogens (tertiary/aromatic N) is 13. The van der Waals surface area contributed by atoms with Crippen molar-refractivity contribution in [2.24, 2.45) is 0 Å². The second kappa shape index (κ2) is 25.4. The number of aromatic nitrogens is 5. The molecular formula is C87H83N13O4. The Kier molecular flexibility index (Phi) is 13.8. The molecule has 8 aromatic carbocycles. The Hall–Kier alpha value is -12.1. The molecule has 0 aliphatic carbocycles. The number of hydrogen-bond acceptors (Lipinski definition) is 17. The van der Waals surface area contributed by atoms with Gasteiger partial charge in [-0.1, -0.05) is 121 Å². The number of rotatable bonds is 6. The number of para-hydroxylation sites is 4. The Morgan fingerprint density at radius 3 is 0.952 bits per heavy atom. The zero-order chi connectivity index (χ0) is 78.5. The van der Waals surface area contributed by atoms with E-state index in [4.69, 9.17) is 28.6 Å². The van der Waals surface area contributed by atoms with Gasteiger partial charge in [0.15, 0.2) is 51.4 Å². The largest absolute Gasteiger partial charge is 0.454 e. The van der Waals surface area contributed by atoms with Crippen molar-refractivity contribution >= 4 is 157 Å². The third kappa shape index (κ3) is 10.2. The smallest absolute Gasteiger partial charge is 0.178 e. The van der Waals surface area contributed by atoms with Crippen LogP contribution in [0.25, 0.3) is 87.8 Å². The Bertz CT molecular complexity index is 5610. The van der Waals surface area contributed by atoms with Crippen LogP contribution in [0.4, 0.5) is 68.9 Å². The van der Waals surface area contributed by atoms with Crippen molar-refractivity contribution in [1.29, 1.82) is 0 Å². The van der Waals surface area contributed by atoms with Crippen LogP contribution in [0.2, 0.25) is 0 Å². The van der Waals surface area contributed by atoms with Gasteiger partial charge < -0.3 is 52.0 Å². The molecule has 12 heterocycles. The van der Waals surface area contributed by atoms with Crippen molar-refractivity contribution < 1.29 is 28.6 Å². The number of pyridine rings is 3. The molecular weight excluding hydrogens is 1290 g/mol. The van der Waals surface area contributed by atoms with Gasteiger partial charge >= 0.3 is 0 Å². The molecule has 20 rings (SSSR count). The third-order valence-electron chi connectivity index (χ3n) is 20.7. The number of furan rings is 4. The Balaban J connectivity index is 0.000000108. The second-order valence-corrected chi connectivity index (χ2v) is 27.4. The highest BCUT2D eigenvalue weighted by molar-refractivity contribution is 6.14. The Labute approximate surface area is 615 Å². The summed E-state index contributed by atoms with van der Waals surface area (Å²) in [4.78, 5) is 37.7. The van der Waals surface area contributed by atoms with Gasteiger partial charge in [-0.25, -0.2) is 24.9 Å². The fraction of sp³-hybridized carbons (Fsp3) is 0.230. The fourth-order valence-electron chi connectivity index (χ4n) is 16.0. The summed E-state index contributed by atoms with van der Waals surface area (Å²) in [5.74, 6) is 3.00. The van der Waals surface area contributed by atoms with Crippen LogP contribution in [0.15, 0.2) is 231 Å². The van der Waals surface area contributed by atoms with Gasteiger partial charge in [0.2, 0.25) is 0 Å². The van der Waals surface area contributed by atoms with Gasteiger partial charge in [-0.2, -0.15) is 0 Å². The highest BCUT2D eigenvalue weighted by atomic mass is 16.3. The van der Waals surface area contributed by atoms with Crippen molar-refractivity contribution in [1.82, 2.24) is 24.9 Å². The molecule has 17 nitrogen and oxygen atoms in total. The molecule has 17 heteroatoms. The molecule has 520 valence electrons. The number of anilines is 12. The lowest BCUT2D eigenvalue weighted by molar-refractivity contribution is 0.598. The van der Waals surface area contributed by atoms with Crippen LogP contribution in [0.5, 0.6) is 0 Å². The van der Waals surface area contributed by atoms with E-state index in [0.717, 1.165) is 161 Å². The van der Waals surface area contributed by atoms with E-state index in [0.29, 0.717) is 17.5 Å². The van der Waals surface area contributed by atoms with Gasteiger partial charge in [0, 0.05) is 108 Å². The van der Waals surface area contributed by atoms with Crippen LogP contribution in [-0.4, -0.2) is 75.6 Å². The van der Waals surface area contributed by atoms with Crippen LogP contribution in [0, 0.1) is 27.7 Å². The summed E-state index contributed by atoms with van der Waals surface area (Å²) in [6, 6.07) is 59.1. The highest BCUT2D eigenvalue weighted by Crippen LogP contribution is 2.53. The average molecular weight is 1380 g/mol. The van der Waals surface area contributed by atoms with Gasteiger partial charge in [0.25, 0.3) is 0 Å². The summed E-state index contributed by atoms with van der Waals surface area (Å²) >= 11 is 0. The SMILES string of the molecule is [2H]C(C)(C)N1c2ncccc2N(c2c(C)ccc3c2oc2ccccc23)[C@H]1C.[2H]C(C)(C)N1c2ncccc2N(c2c(C)ccc3c2oc2ccccc23)[C@H]1C.[2H]C([2H])([2H])N1c2ncccc2N(c2c(C)ccc3c2oc2ccccc23)[C@H]1C.[2H]C([2H])([2H])N1c2nccnc2N(c2c(C)ccc3c2oc2ccccc23)[C@H]1C. The van der Waals surface area contributed by atoms with E-state index in [1.54, 1.807) is 24.8 Å². The average Bonchev–Trinajstić information content (AvgIpc) is 1.58. The minimum absolute atomic E-state index is 0.0603. The summed E-state index contributed by atoms with van der Waals surface area (Å²) in [5, 5.41) is 8.53. The van der Waals surface area contributed by atoms with E-state index < -0.39 is 38.3 Å². The second-order valence-electron chi connectivity index (χ2n) is 27.4. The standard InChI is InChI=1S/2C23H23N3O.C21H19N3O.C20H18N4O/c2*1-14(2)25-16(4)26(19-9-7-13-24-23(19)25)21-15(3)11-12-18-17-8-5-6-10-20(17)27-22(18)21;1-13-10-11-16-15-7-4-5-9-18(15)25-20(16)19(13)24-14(2)23(3)21-17(24)8-6-12-22-21;1-12-8-9-15-14-6-4-5-7-16(14)25-18(15)17(12)24-13(2)23(3)19-20(24)22-11-10-21-19/h2*5-14,16H,1-4H3;4-12,14H,1-3H3;4-11,13H,1-3H3/t2*16-;14-;13-/m0000/s1/i2*14D;2*3D3. The number of fused-ring (bicyclic) bond motifs is 16. The van der Waals surface area contributed by atoms with Crippen LogP contribution >= 0.6 is 0 Å². The first-order valence-corrected chi connectivity index (χ1v) is 35.1. The van der Waals surface area contributed by atoms with Crippen molar-refractivity contribution in [2.45, 2.75) is 120 Å². The number of hydrogen-bond donors (Lipinski definition) is 0. The van der Waals surface area contributed by atoms with Gasteiger partial charge in [0.1, 0.15) is 47.0 Å². The molecule has 8 aromatic heterocycles. The van der Waals surface area contributed by atoms with E-state index in [9.17, 15) is 0 Å². The molecule has 4 aliphatic heterocycles. The number of aryl methyl sites for hydroxylation is 4. The molecule has 104 heavy (non-hydrogen) atoms. The van der Waals surface area contributed by atoms with Crippen molar-refractivity contribution in [3.63, 3.8) is 0 Å². The number of benzene rings is 8. The Morgan fingerprint density at radius 2 is 0.596 bits per heavy atom. The predicted molar refractivity (Wildman–Crippen MR) is 427 cm³/mol. The lowest BCUT2D eigenvalue weighted by Crippen LogP contribution is -2.42. The minimum atomic E-state index is -2.34. The summed E-state index contributed by atoms with van der Waals surface area (Å²) in [5.41, 5.74) is 17.5. The van der Waals surface area contributed by atoms with Crippen molar-refractivity contribution in [3.8, 4) is 0 Å². The zero-order valence-corrected chi connectivity index (χ0v) is 60.0. The summed E-state index contributed by atoms with van der Waals surface area (Å²) in [6.07, 6.45) is 7.26. The normalized spacial score (nSPS) is 18.3. The van der Waals surface area contributed by atoms with E-state index in [1.165, 1.54) is 16.0 Å². The first-order chi connectivity index (χ1) is 53.5. The van der Waals surface area contributed by atoms with E-state index in [-0.39, 0.29) is 12.3 Å². The Morgan fingerprint density at radius 1 is 0.308 bits per heavy atom. The molecule has 0 radical (unpaired) electrons. The molecule has 16 aromatic rings. The van der Waals surface area contributed by atoms with Gasteiger partial charge in [-0.15, -0.1) is 0 Å². The molecule has 0 saturated carbocycles. The quantitative estimate of drug-likeness (QED) is 0.156. The lowest BCUT2D eigenvalue weighted by atomic mass is 10.1. The molecule has 0 N–H and O–H groups in total. The van der Waals surface area contributed by atoms with E-state index in [2.05, 4.69) is 133 Å². The van der Waals surface area contributed by atoms with Gasteiger partial charge in [-0.3, -0.25) is 4.90 Å². The van der Waals surface area contributed by atoms with Crippen LogP contribution in [-0.2, 0) is 0 Å². The lowest BCUT2D eigenvalue weighted by Gasteiger charge is -2.33. The summed E-state index contributed by atoms with van der Waals surface area (Å²) in [6.45, 7) is 19.2. The van der Waals surface area contributed by atoms with Crippen LogP contribution < -0.4 is 39.2 Å². The van der Waals surface area contributed by atoms with Crippen LogP contribution in [0.1, 0.15) is 88.6 Å². The molecule has 0 unspecified atom stereocenters. The predicted octanol–water partition coefficient (Wildman–Crippen LogP) is 21.8. The molecule has 4 aliphatic rings. The molecule has 4 atom stereocenters. The van der Waals surface area contributed by atoms with Gasteiger partial charge in [-0.05, 0) is 166 Å². The maximum absolute atomic E-state index is 8.68. The zero-order valence-electron chi connectivity index (χ0n) is 68.0. The summed E-state index contributed by atoms with van der Waals surface area (Å²) in [7, 11) is 0. The van der Waals surface area contributed by atoms with E-state index >= 15 is 0 Å². The molecule has 0 saturated heterocycles. The maximum atomic E-state index is 8.68. The topological polar surface area (TPSA) is 143 Å². The van der Waals surface area contributed by atoms with Gasteiger partial charge in [0.05, 0.1) is 42.6 Å². The molecule has 0 bridgehead atoms. The van der Waals surface area contributed by atoms with Crippen LogP contribution in [0.3, 0.4) is 0 Å². The van der Waals surface area contributed by atoms with E-state index in [1.807, 2.05) is 187 Å². The first-order valence-electron chi connectivity index (χ1n) is 39.1. The van der Waals surface area contributed by atoms with Crippen molar-refractivity contribution in [2.75, 3.05) is 53.2 Å². The first kappa shape index (κ1) is 56.5. The van der Waals surface area contributed by atoms with Crippen molar-refractivity contribution in [3.05, 3.63) is 235 Å². The minimum Gasteiger partial charge on any atom is -0.454 e. The molecule has 0 amide bonds. The summed E-state index contributed by atoms with van der Waals surface area (Å²) < 4.78 is 90.5. The fourth-order valence-corrected chi connectivity index (χ4v) is 16.0. The highest BCUT2D eigenvalue weighted by Gasteiger charge is 2.42.